The summed E-state index contributed by atoms with van der Waals surface area (Å²) in [5.41, 5.74) is 0.653. The average molecular weight is 317 g/mol. The number of halogens is 2. The summed E-state index contributed by atoms with van der Waals surface area (Å²) in [6, 6.07) is 0.838. The zero-order valence-corrected chi connectivity index (χ0v) is 10.8. The number of amides is 2. The van der Waals surface area contributed by atoms with E-state index in [0.29, 0.717) is 17.4 Å². The van der Waals surface area contributed by atoms with Crippen LogP contribution in [0, 0.1) is 5.95 Å². The maximum absolute atomic E-state index is 13.4. The van der Waals surface area contributed by atoms with Gasteiger partial charge in [0.25, 0.3) is 5.95 Å². The number of hydrogen-bond donors (Lipinski definition) is 2. The van der Waals surface area contributed by atoms with E-state index in [1.54, 1.807) is 0 Å². The lowest BCUT2D eigenvalue weighted by Crippen LogP contribution is -2.47. The van der Waals surface area contributed by atoms with Gasteiger partial charge in [0.05, 0.1) is 11.4 Å². The molecule has 8 heteroatoms. The summed E-state index contributed by atoms with van der Waals surface area (Å²) >= 11 is 3.18. The van der Waals surface area contributed by atoms with Crippen molar-refractivity contribution in [1.29, 1.82) is 0 Å². The van der Waals surface area contributed by atoms with Gasteiger partial charge in [-0.25, -0.2) is 0 Å². The summed E-state index contributed by atoms with van der Waals surface area (Å²) in [6.07, 6.45) is 0.560. The minimum Gasteiger partial charge on any atom is -0.370 e. The number of aromatic nitrogens is 2. The predicted molar refractivity (Wildman–Crippen MR) is 64.4 cm³/mol. The van der Waals surface area contributed by atoms with Crippen molar-refractivity contribution in [1.82, 2.24) is 15.5 Å². The van der Waals surface area contributed by atoms with Crippen molar-refractivity contribution in [2.45, 2.75) is 24.2 Å². The molecule has 1 aliphatic heterocycles. The fourth-order valence-electron chi connectivity index (χ4n) is 1.60. The summed E-state index contributed by atoms with van der Waals surface area (Å²) < 4.78 is 13.4. The van der Waals surface area contributed by atoms with Crippen molar-refractivity contribution >= 4 is 33.4 Å². The van der Waals surface area contributed by atoms with Crippen molar-refractivity contribution in [3.05, 3.63) is 17.7 Å². The smallest absolute Gasteiger partial charge is 0.256 e. The topological polar surface area (TPSA) is 84.0 Å². The maximum atomic E-state index is 13.4. The molecule has 1 saturated heterocycles. The number of hydrogen-bond acceptors (Lipinski definition) is 5. The highest BCUT2D eigenvalue weighted by Crippen LogP contribution is 2.17. The van der Waals surface area contributed by atoms with Crippen molar-refractivity contribution in [3.8, 4) is 0 Å². The van der Waals surface area contributed by atoms with Crippen molar-refractivity contribution in [3.63, 3.8) is 0 Å². The summed E-state index contributed by atoms with van der Waals surface area (Å²) in [5, 5.41) is 12.3. The first-order valence-electron chi connectivity index (χ1n) is 5.28. The number of alkyl halides is 1. The Hall–Kier alpha value is -1.57. The van der Waals surface area contributed by atoms with E-state index in [0.717, 1.165) is 0 Å². The minimum atomic E-state index is -0.774. The van der Waals surface area contributed by atoms with Crippen LogP contribution in [0.25, 0.3) is 0 Å². The van der Waals surface area contributed by atoms with Crippen LogP contribution in [0.4, 0.5) is 10.1 Å². The van der Waals surface area contributed by atoms with Gasteiger partial charge in [-0.2, -0.15) is 9.49 Å². The molecule has 2 N–H and O–H groups in total. The molecule has 1 aromatic rings. The highest BCUT2D eigenvalue weighted by atomic mass is 79.9. The Bertz CT molecular complexity index is 497. The van der Waals surface area contributed by atoms with Gasteiger partial charge in [-0.15, -0.1) is 5.10 Å². The summed E-state index contributed by atoms with van der Waals surface area (Å²) in [4.78, 5) is 22.5. The maximum Gasteiger partial charge on any atom is 0.256 e. The molecule has 2 heterocycles. The average Bonchev–Trinajstić information content (AvgIpc) is 2.35. The molecule has 0 aliphatic carbocycles. The molecule has 1 aromatic heterocycles. The second kappa shape index (κ2) is 5.38. The Morgan fingerprint density at radius 2 is 2.28 bits per heavy atom. The van der Waals surface area contributed by atoms with Crippen molar-refractivity contribution in [2.75, 3.05) is 5.32 Å². The van der Waals surface area contributed by atoms with Crippen LogP contribution in [0.3, 0.4) is 0 Å². The molecule has 96 valence electrons. The normalized spacial score (nSPS) is 19.6. The second-order valence-electron chi connectivity index (χ2n) is 3.82. The van der Waals surface area contributed by atoms with Crippen LogP contribution in [0.1, 0.15) is 18.5 Å². The van der Waals surface area contributed by atoms with Gasteiger partial charge in [0.2, 0.25) is 11.8 Å². The van der Waals surface area contributed by atoms with Crippen LogP contribution >= 0.6 is 15.9 Å². The molecule has 2 amide bonds. The Kier molecular flexibility index (Phi) is 3.85. The summed E-state index contributed by atoms with van der Waals surface area (Å²) in [5.74, 6) is -1.54. The van der Waals surface area contributed by atoms with Gasteiger partial charge in [-0.05, 0) is 12.5 Å². The zero-order valence-electron chi connectivity index (χ0n) is 9.24. The largest absolute Gasteiger partial charge is 0.370 e. The molecule has 18 heavy (non-hydrogen) atoms. The Balaban J connectivity index is 2.13. The summed E-state index contributed by atoms with van der Waals surface area (Å²) in [7, 11) is 0. The molecule has 1 aliphatic rings. The number of carbonyl (C=O) groups excluding carboxylic acids is 2. The lowest BCUT2D eigenvalue weighted by Gasteiger charge is -2.22. The first kappa shape index (κ1) is 12.9. The van der Waals surface area contributed by atoms with Gasteiger partial charge in [0.1, 0.15) is 6.04 Å². The third kappa shape index (κ3) is 2.81. The van der Waals surface area contributed by atoms with E-state index in [1.807, 2.05) is 0 Å². The highest BCUT2D eigenvalue weighted by molar-refractivity contribution is 9.08. The first-order chi connectivity index (χ1) is 8.60. The lowest BCUT2D eigenvalue weighted by atomic mass is 10.1. The van der Waals surface area contributed by atoms with E-state index >= 15 is 0 Å². The van der Waals surface area contributed by atoms with E-state index in [2.05, 4.69) is 36.8 Å². The third-order valence-corrected chi connectivity index (χ3v) is 3.08. The molecule has 1 fully saturated rings. The number of piperidine rings is 1. The molecular weight excluding hydrogens is 307 g/mol. The number of nitrogens with one attached hydrogen (secondary N) is 2. The van der Waals surface area contributed by atoms with Crippen LogP contribution in [0.2, 0.25) is 0 Å². The number of anilines is 1. The molecule has 1 unspecified atom stereocenters. The molecular formula is C10H10BrFN4O2. The van der Waals surface area contributed by atoms with Crippen LogP contribution < -0.4 is 10.6 Å². The Morgan fingerprint density at radius 3 is 2.94 bits per heavy atom. The molecule has 0 radical (unpaired) electrons. The third-order valence-electron chi connectivity index (χ3n) is 2.51. The second-order valence-corrected chi connectivity index (χ2v) is 4.38. The first-order valence-corrected chi connectivity index (χ1v) is 6.40. The molecule has 1 atom stereocenters. The molecule has 0 spiro atoms. The van der Waals surface area contributed by atoms with Crippen molar-refractivity contribution < 1.29 is 14.0 Å². The van der Waals surface area contributed by atoms with E-state index in [9.17, 15) is 14.0 Å². The fourth-order valence-corrected chi connectivity index (χ4v) is 1.88. The standard InChI is InChI=1S/C10H10BrFN4O2/c11-4-5-3-7(9(12)16-15-5)13-6-1-2-8(17)14-10(6)18/h3,6H,1-2,4H2,(H,13,15)(H,14,17,18). The van der Waals surface area contributed by atoms with Gasteiger partial charge in [0.15, 0.2) is 0 Å². The zero-order chi connectivity index (χ0) is 13.1. The molecule has 6 nitrogen and oxygen atoms in total. The highest BCUT2D eigenvalue weighted by Gasteiger charge is 2.27. The van der Waals surface area contributed by atoms with E-state index < -0.39 is 17.9 Å². The van der Waals surface area contributed by atoms with Crippen molar-refractivity contribution in [2.24, 2.45) is 0 Å². The monoisotopic (exact) mass is 316 g/mol. The van der Waals surface area contributed by atoms with Gasteiger partial charge in [0, 0.05) is 11.8 Å². The minimum absolute atomic E-state index is 0.106. The van der Waals surface area contributed by atoms with E-state index in [1.165, 1.54) is 6.07 Å². The Labute approximate surface area is 110 Å². The number of rotatable bonds is 3. The van der Waals surface area contributed by atoms with Gasteiger partial charge in [-0.1, -0.05) is 15.9 Å². The van der Waals surface area contributed by atoms with Gasteiger partial charge >= 0.3 is 0 Å². The quantitative estimate of drug-likeness (QED) is 0.634. The lowest BCUT2D eigenvalue weighted by molar-refractivity contribution is -0.133. The van der Waals surface area contributed by atoms with Crippen LogP contribution in [0.5, 0.6) is 0 Å². The van der Waals surface area contributed by atoms with Gasteiger partial charge in [-0.3, -0.25) is 14.9 Å². The van der Waals surface area contributed by atoms with Crippen LogP contribution in [-0.4, -0.2) is 28.1 Å². The summed E-state index contributed by atoms with van der Waals surface area (Å²) in [6.45, 7) is 0. The molecule has 0 aromatic carbocycles. The Morgan fingerprint density at radius 1 is 1.50 bits per heavy atom. The van der Waals surface area contributed by atoms with E-state index in [-0.39, 0.29) is 18.0 Å². The number of nitrogens with zero attached hydrogens (tertiary/aromatic N) is 2. The van der Waals surface area contributed by atoms with Crippen LogP contribution in [0.15, 0.2) is 6.07 Å². The molecule has 2 rings (SSSR count). The SMILES string of the molecule is O=C1CCC(Nc2cc(CBr)nnc2F)C(=O)N1. The predicted octanol–water partition coefficient (Wildman–Crippen LogP) is 0.728. The number of imide groups is 1. The fraction of sp³-hybridized carbons (Fsp3) is 0.400. The van der Waals surface area contributed by atoms with Crippen LogP contribution in [-0.2, 0) is 14.9 Å². The van der Waals surface area contributed by atoms with E-state index in [4.69, 9.17) is 0 Å². The number of carbonyl (C=O) groups is 2. The van der Waals surface area contributed by atoms with Gasteiger partial charge < -0.3 is 5.32 Å². The molecule has 0 bridgehead atoms. The molecule has 0 saturated carbocycles.